The zero-order chi connectivity index (χ0) is 23.8. The average molecular weight is 451 g/mol. The molecule has 0 aromatic heterocycles. The summed E-state index contributed by atoms with van der Waals surface area (Å²) in [5, 5.41) is -0.0644. The van der Waals surface area contributed by atoms with Gasteiger partial charge in [-0.1, -0.05) is 107 Å². The van der Waals surface area contributed by atoms with Gasteiger partial charge in [0.2, 0.25) is 0 Å². The third-order valence-electron chi connectivity index (χ3n) is 9.58. The summed E-state index contributed by atoms with van der Waals surface area (Å²) in [5.74, 6) is 0. The fraction of sp³-hybridized carbons (Fsp3) is 0.786. The van der Waals surface area contributed by atoms with Crippen LogP contribution in [0.15, 0.2) is 24.3 Å². The Labute approximate surface area is 194 Å². The van der Waals surface area contributed by atoms with Crippen molar-refractivity contribution < 1.29 is 0 Å². The first-order valence-electron chi connectivity index (χ1n) is 12.1. The summed E-state index contributed by atoms with van der Waals surface area (Å²) in [6.07, 6.45) is 4.58. The van der Waals surface area contributed by atoms with Crippen LogP contribution in [0.2, 0.25) is 0 Å². The van der Waals surface area contributed by atoms with E-state index in [-0.39, 0.29) is 32.0 Å². The molecule has 0 bridgehead atoms. The molecule has 0 spiro atoms. The lowest BCUT2D eigenvalue weighted by Gasteiger charge is -2.59. The van der Waals surface area contributed by atoms with Crippen molar-refractivity contribution in [3.8, 4) is 0 Å². The van der Waals surface area contributed by atoms with Crippen LogP contribution in [0.3, 0.4) is 0 Å². The van der Waals surface area contributed by atoms with Gasteiger partial charge < -0.3 is 0 Å². The van der Waals surface area contributed by atoms with Gasteiger partial charge in [-0.25, -0.2) is 0 Å². The van der Waals surface area contributed by atoms with E-state index in [1.54, 1.807) is 0 Å². The van der Waals surface area contributed by atoms with Gasteiger partial charge in [-0.3, -0.25) is 0 Å². The molecule has 1 aromatic rings. The van der Waals surface area contributed by atoms with Gasteiger partial charge in [-0.15, -0.1) is 18.5 Å². The molecule has 0 nitrogen and oxygen atoms in total. The molecule has 0 radical (unpaired) electrons. The zero-order valence-electron chi connectivity index (χ0n) is 22.3. The van der Waals surface area contributed by atoms with Gasteiger partial charge in [0.1, 0.15) is 0 Å². The highest BCUT2D eigenvalue weighted by Crippen LogP contribution is 2.67. The Morgan fingerprint density at radius 1 is 0.500 bits per heavy atom. The molecule has 0 aliphatic carbocycles. The molecular weight excluding hydrogens is 398 g/mol. The van der Waals surface area contributed by atoms with Crippen LogP contribution in [-0.4, -0.2) is 0 Å². The lowest BCUT2D eigenvalue weighted by molar-refractivity contribution is 0.0791. The highest BCUT2D eigenvalue weighted by Gasteiger charge is 2.57. The number of hydrogen-bond donors (Lipinski definition) is 0. The van der Waals surface area contributed by atoms with E-state index in [9.17, 15) is 0 Å². The molecule has 0 amide bonds. The molecule has 2 atom stereocenters. The van der Waals surface area contributed by atoms with Gasteiger partial charge in [-0.2, -0.15) is 0 Å². The third-order valence-corrected chi connectivity index (χ3v) is 13.3. The van der Waals surface area contributed by atoms with Gasteiger partial charge in [0.05, 0.1) is 0 Å². The largest absolute Gasteiger partial charge is 0.125 e. The van der Waals surface area contributed by atoms with E-state index in [4.69, 9.17) is 0 Å². The van der Waals surface area contributed by atoms with Crippen molar-refractivity contribution in [2.75, 3.05) is 0 Å². The Morgan fingerprint density at radius 2 is 0.700 bits per heavy atom. The topological polar surface area (TPSA) is 0 Å². The molecule has 30 heavy (non-hydrogen) atoms. The zero-order valence-corrected chi connectivity index (χ0v) is 24.6. The van der Waals surface area contributed by atoms with Crippen LogP contribution >= 0.6 is 18.5 Å². The lowest BCUT2D eigenvalue weighted by atomic mass is 9.54. The summed E-state index contributed by atoms with van der Waals surface area (Å²) in [6.45, 7) is 29.2. The monoisotopic (exact) mass is 450 g/mol. The number of rotatable bonds is 10. The highest BCUT2D eigenvalue weighted by molar-refractivity contribution is 7.19. The maximum absolute atomic E-state index is 3.41. The Kier molecular flexibility index (Phi) is 8.57. The first kappa shape index (κ1) is 28.1. The normalized spacial score (nSPS) is 14.9. The van der Waals surface area contributed by atoms with Crippen molar-refractivity contribution in [3.05, 3.63) is 35.4 Å². The van der Waals surface area contributed by atoms with E-state index >= 15 is 0 Å². The van der Waals surface area contributed by atoms with E-state index in [0.29, 0.717) is 0 Å². The minimum Gasteiger partial charge on any atom is -0.125 e. The van der Waals surface area contributed by atoms with Crippen LogP contribution in [-0.2, 0) is 10.3 Å². The second-order valence-electron chi connectivity index (χ2n) is 12.1. The van der Waals surface area contributed by atoms with Gasteiger partial charge >= 0.3 is 0 Å². The molecule has 2 unspecified atom stereocenters. The fourth-order valence-electron chi connectivity index (χ4n) is 5.58. The highest BCUT2D eigenvalue weighted by atomic mass is 31.0. The Morgan fingerprint density at radius 3 is 0.867 bits per heavy atom. The average Bonchev–Trinajstić information content (AvgIpc) is 2.71. The quantitative estimate of drug-likeness (QED) is 0.311. The van der Waals surface area contributed by atoms with Crippen molar-refractivity contribution in [2.24, 2.45) is 21.7 Å². The molecule has 1 aromatic carbocycles. The number of benzene rings is 1. The van der Waals surface area contributed by atoms with Crippen LogP contribution in [0.5, 0.6) is 0 Å². The van der Waals surface area contributed by atoms with Crippen molar-refractivity contribution in [3.63, 3.8) is 0 Å². The third kappa shape index (κ3) is 4.08. The first-order valence-corrected chi connectivity index (χ1v) is 13.3. The van der Waals surface area contributed by atoms with Crippen LogP contribution in [0, 0.1) is 21.7 Å². The second-order valence-corrected chi connectivity index (χ2v) is 13.8. The van der Waals surface area contributed by atoms with E-state index in [1.165, 1.54) is 11.1 Å². The maximum atomic E-state index is 3.41. The van der Waals surface area contributed by atoms with E-state index in [0.717, 1.165) is 25.7 Å². The standard InChI is InChI=1S/C28H52P2/c1-13-23(5,6)27(29,24(7,8)14-2)21-19-17-18-20-22(21)28(30,25(9,10)15-3)26(11,12)16-4/h17-20H,13-16,29-30H2,1-12H3. The summed E-state index contributed by atoms with van der Waals surface area (Å²) in [5.41, 5.74) is 3.62. The predicted octanol–water partition coefficient (Wildman–Crippen LogP) is 9.57. The van der Waals surface area contributed by atoms with Crippen LogP contribution in [0.1, 0.15) is 120 Å². The van der Waals surface area contributed by atoms with Gasteiger partial charge in [-0.05, 0) is 58.5 Å². The number of hydrogen-bond acceptors (Lipinski definition) is 0. The summed E-state index contributed by atoms with van der Waals surface area (Å²) in [7, 11) is 6.81. The Hall–Kier alpha value is 0.0800. The Balaban J connectivity index is 4.17. The molecule has 0 aliphatic heterocycles. The first-order chi connectivity index (χ1) is 13.5. The molecule has 0 N–H and O–H groups in total. The van der Waals surface area contributed by atoms with Crippen molar-refractivity contribution >= 4 is 18.5 Å². The predicted molar refractivity (Wildman–Crippen MR) is 146 cm³/mol. The molecule has 0 aliphatic rings. The van der Waals surface area contributed by atoms with E-state index in [1.807, 2.05) is 0 Å². The molecule has 1 rings (SSSR count). The molecular formula is C28H52P2. The van der Waals surface area contributed by atoms with Gasteiger partial charge in [0, 0.05) is 10.3 Å². The van der Waals surface area contributed by atoms with Crippen LogP contribution in [0.25, 0.3) is 0 Å². The smallest absolute Gasteiger partial charge is 0.0202 e. The van der Waals surface area contributed by atoms with Crippen LogP contribution < -0.4 is 0 Å². The van der Waals surface area contributed by atoms with Crippen molar-refractivity contribution in [1.29, 1.82) is 0 Å². The van der Waals surface area contributed by atoms with Crippen molar-refractivity contribution in [2.45, 2.75) is 119 Å². The molecule has 0 saturated carbocycles. The SMILES string of the molecule is CCC(C)(C)C(P)(c1ccccc1C(P)(C(C)(C)CC)C(C)(C)CC)C(C)(C)CC. The summed E-state index contributed by atoms with van der Waals surface area (Å²) in [6, 6.07) is 9.40. The summed E-state index contributed by atoms with van der Waals surface area (Å²) < 4.78 is 0. The molecule has 0 fully saturated rings. The second kappa shape index (κ2) is 9.14. The minimum absolute atomic E-state index is 0.0322. The molecule has 174 valence electrons. The maximum Gasteiger partial charge on any atom is 0.0202 e. The molecule has 0 heterocycles. The van der Waals surface area contributed by atoms with Crippen LogP contribution in [0.4, 0.5) is 0 Å². The Bertz CT molecular complexity index is 616. The summed E-state index contributed by atoms with van der Waals surface area (Å²) in [4.78, 5) is 0. The summed E-state index contributed by atoms with van der Waals surface area (Å²) >= 11 is 0. The van der Waals surface area contributed by atoms with Gasteiger partial charge in [0.25, 0.3) is 0 Å². The fourth-order valence-corrected chi connectivity index (χ4v) is 6.90. The lowest BCUT2D eigenvalue weighted by Crippen LogP contribution is -2.52. The molecule has 2 heteroatoms. The van der Waals surface area contributed by atoms with E-state index in [2.05, 4.69) is 126 Å². The van der Waals surface area contributed by atoms with Gasteiger partial charge in [0.15, 0.2) is 0 Å². The molecule has 0 saturated heterocycles. The van der Waals surface area contributed by atoms with E-state index < -0.39 is 0 Å². The van der Waals surface area contributed by atoms with Crippen molar-refractivity contribution in [1.82, 2.24) is 0 Å². The minimum atomic E-state index is -0.0322.